The lowest BCUT2D eigenvalue weighted by molar-refractivity contribution is -0.132. The van der Waals surface area contributed by atoms with Crippen molar-refractivity contribution in [1.82, 2.24) is 10.2 Å². The van der Waals surface area contributed by atoms with Crippen molar-refractivity contribution < 1.29 is 14.3 Å². The van der Waals surface area contributed by atoms with E-state index in [-0.39, 0.29) is 17.2 Å². The summed E-state index contributed by atoms with van der Waals surface area (Å²) in [7, 11) is 0. The van der Waals surface area contributed by atoms with E-state index >= 15 is 0 Å². The van der Waals surface area contributed by atoms with Gasteiger partial charge in [-0.2, -0.15) is 0 Å². The minimum absolute atomic E-state index is 0.0204. The van der Waals surface area contributed by atoms with Gasteiger partial charge in [-0.05, 0) is 18.4 Å². The van der Waals surface area contributed by atoms with Gasteiger partial charge in [0.1, 0.15) is 0 Å². The molecular weight excluding hydrogens is 348 g/mol. The number of hydrogen-bond acceptors (Lipinski definition) is 4. The van der Waals surface area contributed by atoms with E-state index in [4.69, 9.17) is 4.74 Å². The Bertz CT molecular complexity index is 596. The Morgan fingerprint density at radius 3 is 2.46 bits per heavy atom. The van der Waals surface area contributed by atoms with Gasteiger partial charge in [-0.1, -0.05) is 43.2 Å². The first-order chi connectivity index (χ1) is 12.7. The van der Waals surface area contributed by atoms with Crippen LogP contribution < -0.4 is 5.32 Å². The monoisotopic (exact) mass is 376 g/mol. The standard InChI is InChI=1S/C20H28N2O3S/c23-18(14-26-15-19(24)22-10-12-25-13-11-22)21-16-20(8-4-5-9-20)17-6-2-1-3-7-17/h1-3,6-7H,4-5,8-16H2,(H,21,23). The third kappa shape index (κ3) is 5.01. The van der Waals surface area contributed by atoms with Crippen LogP contribution in [0.5, 0.6) is 0 Å². The maximum atomic E-state index is 12.3. The molecule has 3 rings (SSSR count). The molecule has 1 aromatic rings. The number of hydrogen-bond donors (Lipinski definition) is 1. The number of carbonyl (C=O) groups excluding carboxylic acids is 2. The summed E-state index contributed by atoms with van der Waals surface area (Å²) in [6.07, 6.45) is 4.68. The van der Waals surface area contributed by atoms with E-state index in [2.05, 4.69) is 29.6 Å². The normalized spacial score (nSPS) is 19.3. The molecule has 0 atom stereocenters. The lowest BCUT2D eigenvalue weighted by Gasteiger charge is -2.30. The van der Waals surface area contributed by atoms with Crippen LogP contribution in [0.2, 0.25) is 0 Å². The fourth-order valence-electron chi connectivity index (χ4n) is 3.86. The van der Waals surface area contributed by atoms with E-state index < -0.39 is 0 Å². The summed E-state index contributed by atoms with van der Waals surface area (Å²) in [5.41, 5.74) is 1.40. The van der Waals surface area contributed by atoms with Gasteiger partial charge in [-0.15, -0.1) is 11.8 Å². The predicted molar refractivity (Wildman–Crippen MR) is 104 cm³/mol. The number of rotatable bonds is 7. The molecule has 2 fully saturated rings. The zero-order chi connectivity index (χ0) is 18.2. The van der Waals surface area contributed by atoms with Crippen molar-refractivity contribution in [1.29, 1.82) is 0 Å². The summed E-state index contributed by atoms with van der Waals surface area (Å²) in [5.74, 6) is 0.813. The van der Waals surface area contributed by atoms with E-state index in [1.165, 1.54) is 30.2 Å². The Labute approximate surface area is 159 Å². The number of ether oxygens (including phenoxy) is 1. The maximum Gasteiger partial charge on any atom is 0.232 e. The van der Waals surface area contributed by atoms with Crippen molar-refractivity contribution in [3.8, 4) is 0 Å². The van der Waals surface area contributed by atoms with Crippen LogP contribution in [0, 0.1) is 0 Å². The smallest absolute Gasteiger partial charge is 0.232 e. The average Bonchev–Trinajstić information content (AvgIpc) is 3.18. The minimum atomic E-state index is 0.0204. The van der Waals surface area contributed by atoms with Crippen molar-refractivity contribution in [2.75, 3.05) is 44.4 Å². The predicted octanol–water partition coefficient (Wildman–Crippen LogP) is 2.21. The summed E-state index contributed by atoms with van der Waals surface area (Å²) in [6.45, 7) is 3.22. The molecule has 2 amide bonds. The van der Waals surface area contributed by atoms with E-state index in [1.54, 1.807) is 0 Å². The van der Waals surface area contributed by atoms with Crippen molar-refractivity contribution in [2.24, 2.45) is 0 Å². The Kier molecular flexibility index (Phi) is 6.97. The maximum absolute atomic E-state index is 12.3. The summed E-state index contributed by atoms with van der Waals surface area (Å²) in [5, 5.41) is 3.11. The highest BCUT2D eigenvalue weighted by Crippen LogP contribution is 2.40. The molecule has 0 radical (unpaired) electrons. The third-order valence-electron chi connectivity index (χ3n) is 5.39. The van der Waals surface area contributed by atoms with Crippen LogP contribution >= 0.6 is 11.8 Å². The summed E-state index contributed by atoms with van der Waals surface area (Å²) >= 11 is 1.40. The lowest BCUT2D eigenvalue weighted by atomic mass is 9.79. The first kappa shape index (κ1) is 19.2. The fraction of sp³-hybridized carbons (Fsp3) is 0.600. The zero-order valence-corrected chi connectivity index (χ0v) is 16.1. The van der Waals surface area contributed by atoms with Crippen LogP contribution in [0.25, 0.3) is 0 Å². The highest BCUT2D eigenvalue weighted by atomic mass is 32.2. The number of benzene rings is 1. The van der Waals surface area contributed by atoms with Gasteiger partial charge in [-0.3, -0.25) is 9.59 Å². The molecule has 1 heterocycles. The molecule has 142 valence electrons. The molecule has 5 nitrogen and oxygen atoms in total. The Morgan fingerprint density at radius 2 is 1.77 bits per heavy atom. The van der Waals surface area contributed by atoms with Crippen LogP contribution in [0.3, 0.4) is 0 Å². The molecule has 0 aromatic heterocycles. The van der Waals surface area contributed by atoms with Gasteiger partial charge in [0.15, 0.2) is 0 Å². The third-order valence-corrected chi connectivity index (χ3v) is 6.31. The molecule has 26 heavy (non-hydrogen) atoms. The van der Waals surface area contributed by atoms with Gasteiger partial charge < -0.3 is 15.0 Å². The second-order valence-corrected chi connectivity index (χ2v) is 8.10. The van der Waals surface area contributed by atoms with Crippen LogP contribution in [0.4, 0.5) is 0 Å². The van der Waals surface area contributed by atoms with Crippen molar-refractivity contribution in [2.45, 2.75) is 31.1 Å². The van der Waals surface area contributed by atoms with Crippen LogP contribution in [-0.2, 0) is 19.7 Å². The van der Waals surface area contributed by atoms with Crippen molar-refractivity contribution in [3.63, 3.8) is 0 Å². The topological polar surface area (TPSA) is 58.6 Å². The van der Waals surface area contributed by atoms with Crippen LogP contribution in [0.15, 0.2) is 30.3 Å². The first-order valence-electron chi connectivity index (χ1n) is 9.45. The number of carbonyl (C=O) groups is 2. The molecule has 0 unspecified atom stereocenters. The van der Waals surface area contributed by atoms with E-state index in [9.17, 15) is 9.59 Å². The Morgan fingerprint density at radius 1 is 1.08 bits per heavy atom. The molecule has 1 saturated heterocycles. The molecule has 1 saturated carbocycles. The molecule has 0 bridgehead atoms. The summed E-state index contributed by atoms with van der Waals surface area (Å²) < 4.78 is 5.25. The number of morpholine rings is 1. The second-order valence-electron chi connectivity index (χ2n) is 7.12. The van der Waals surface area contributed by atoms with Gasteiger partial charge in [0, 0.05) is 25.0 Å². The Hall–Kier alpha value is -1.53. The quantitative estimate of drug-likeness (QED) is 0.793. The molecule has 1 N–H and O–H groups in total. The highest BCUT2D eigenvalue weighted by Gasteiger charge is 2.35. The number of nitrogens with zero attached hydrogens (tertiary/aromatic N) is 1. The zero-order valence-electron chi connectivity index (χ0n) is 15.2. The van der Waals surface area contributed by atoms with Gasteiger partial charge in [0.2, 0.25) is 11.8 Å². The van der Waals surface area contributed by atoms with E-state index in [0.29, 0.717) is 44.4 Å². The largest absolute Gasteiger partial charge is 0.378 e. The summed E-state index contributed by atoms with van der Waals surface area (Å²) in [4.78, 5) is 26.2. The van der Waals surface area contributed by atoms with Crippen LogP contribution in [-0.4, -0.2) is 61.1 Å². The lowest BCUT2D eigenvalue weighted by Crippen LogP contribution is -2.42. The highest BCUT2D eigenvalue weighted by molar-refractivity contribution is 8.00. The van der Waals surface area contributed by atoms with Crippen LogP contribution in [0.1, 0.15) is 31.2 Å². The number of nitrogens with one attached hydrogen (secondary N) is 1. The fourth-order valence-corrected chi connectivity index (χ4v) is 4.61. The van der Waals surface area contributed by atoms with Crippen molar-refractivity contribution in [3.05, 3.63) is 35.9 Å². The van der Waals surface area contributed by atoms with E-state index in [1.807, 2.05) is 11.0 Å². The van der Waals surface area contributed by atoms with Crippen molar-refractivity contribution >= 4 is 23.6 Å². The number of amides is 2. The first-order valence-corrected chi connectivity index (χ1v) is 10.6. The molecular formula is C20H28N2O3S. The average molecular weight is 377 g/mol. The summed E-state index contributed by atoms with van der Waals surface area (Å²) in [6, 6.07) is 10.5. The van der Waals surface area contributed by atoms with Gasteiger partial charge >= 0.3 is 0 Å². The number of thioether (sulfide) groups is 1. The molecule has 0 spiro atoms. The molecule has 1 aromatic carbocycles. The molecule has 2 aliphatic rings. The molecule has 1 aliphatic heterocycles. The molecule has 1 aliphatic carbocycles. The SMILES string of the molecule is O=C(CSCC(=O)N1CCOCC1)NCC1(c2ccccc2)CCCC1. The molecule has 6 heteroatoms. The second kappa shape index (κ2) is 9.42. The minimum Gasteiger partial charge on any atom is -0.378 e. The van der Waals surface area contributed by atoms with Gasteiger partial charge in [-0.25, -0.2) is 0 Å². The Balaban J connectivity index is 1.42. The van der Waals surface area contributed by atoms with E-state index in [0.717, 1.165) is 12.8 Å². The van der Waals surface area contributed by atoms with Gasteiger partial charge in [0.05, 0.1) is 24.7 Å². The van der Waals surface area contributed by atoms with Gasteiger partial charge in [0.25, 0.3) is 0 Å².